The largest absolute Gasteiger partial charge is 0.363 e. The van der Waals surface area contributed by atoms with Crippen molar-refractivity contribution < 1.29 is 0 Å². The molecule has 2 nitrogen and oxygen atoms in total. The predicted octanol–water partition coefficient (Wildman–Crippen LogP) is 2.41. The van der Waals surface area contributed by atoms with Gasteiger partial charge in [0.1, 0.15) is 0 Å². The smallest absolute Gasteiger partial charge is 0.0526 e. The van der Waals surface area contributed by atoms with Gasteiger partial charge >= 0.3 is 0 Å². The Morgan fingerprint density at radius 3 is 2.56 bits per heavy atom. The first kappa shape index (κ1) is 10.2. The zero-order chi connectivity index (χ0) is 10.8. The fourth-order valence-electron chi connectivity index (χ4n) is 3.34. The first-order valence-corrected chi connectivity index (χ1v) is 6.44. The second kappa shape index (κ2) is 4.10. The van der Waals surface area contributed by atoms with E-state index in [1.165, 1.54) is 37.9 Å². The molecule has 1 saturated heterocycles. The van der Waals surface area contributed by atoms with Crippen LogP contribution >= 0.6 is 0 Å². The lowest BCUT2D eigenvalue weighted by Gasteiger charge is -2.47. The number of nitrogens with zero attached hydrogens (tertiary/aromatic N) is 1. The van der Waals surface area contributed by atoms with Crippen LogP contribution in [0.15, 0.2) is 30.3 Å². The van der Waals surface area contributed by atoms with Crippen molar-refractivity contribution in [3.05, 3.63) is 30.3 Å². The topological polar surface area (TPSA) is 15.3 Å². The van der Waals surface area contributed by atoms with E-state index in [4.69, 9.17) is 0 Å². The van der Waals surface area contributed by atoms with E-state index in [0.29, 0.717) is 5.54 Å². The van der Waals surface area contributed by atoms with Gasteiger partial charge in [0, 0.05) is 25.3 Å². The van der Waals surface area contributed by atoms with Crippen molar-refractivity contribution in [1.82, 2.24) is 5.32 Å². The molecular weight excluding hydrogens is 196 g/mol. The quantitative estimate of drug-likeness (QED) is 0.775. The number of rotatable bonds is 1. The molecule has 3 rings (SSSR count). The molecule has 1 saturated carbocycles. The number of hydrogen-bond donors (Lipinski definition) is 1. The Morgan fingerprint density at radius 1 is 1.06 bits per heavy atom. The molecule has 2 aliphatic rings. The molecule has 0 amide bonds. The van der Waals surface area contributed by atoms with Crippen molar-refractivity contribution in [3.63, 3.8) is 0 Å². The van der Waals surface area contributed by atoms with Crippen molar-refractivity contribution >= 4 is 5.69 Å². The van der Waals surface area contributed by atoms with Crippen LogP contribution in [0.2, 0.25) is 0 Å². The first-order valence-electron chi connectivity index (χ1n) is 6.44. The summed E-state index contributed by atoms with van der Waals surface area (Å²) in [7, 11) is 0. The molecule has 86 valence electrons. The minimum absolute atomic E-state index is 0.416. The Morgan fingerprint density at radius 2 is 1.81 bits per heavy atom. The maximum absolute atomic E-state index is 3.58. The molecule has 2 heteroatoms. The molecule has 0 aromatic heterocycles. The van der Waals surface area contributed by atoms with E-state index in [9.17, 15) is 0 Å². The standard InChI is InChI=1S/C14H20N2/c1-2-6-13(7-3-1)16-11-10-15-12-14(16)8-4-5-9-14/h1-3,6-7,15H,4-5,8-12H2. The average Bonchev–Trinajstić information content (AvgIpc) is 2.80. The van der Waals surface area contributed by atoms with Crippen LogP contribution in [-0.2, 0) is 0 Å². The van der Waals surface area contributed by atoms with Crippen LogP contribution in [0.4, 0.5) is 5.69 Å². The summed E-state index contributed by atoms with van der Waals surface area (Å²) in [6.07, 6.45) is 5.50. The van der Waals surface area contributed by atoms with Crippen LogP contribution in [0.5, 0.6) is 0 Å². The summed E-state index contributed by atoms with van der Waals surface area (Å²) in [5, 5.41) is 3.58. The summed E-state index contributed by atoms with van der Waals surface area (Å²) in [6.45, 7) is 3.45. The lowest BCUT2D eigenvalue weighted by Crippen LogP contribution is -2.60. The first-order chi connectivity index (χ1) is 7.91. The summed E-state index contributed by atoms with van der Waals surface area (Å²) in [6, 6.07) is 10.9. The summed E-state index contributed by atoms with van der Waals surface area (Å²) in [4.78, 5) is 2.65. The minimum Gasteiger partial charge on any atom is -0.363 e. The normalized spacial score (nSPS) is 23.9. The van der Waals surface area contributed by atoms with Gasteiger partial charge in [0.25, 0.3) is 0 Å². The molecule has 0 bridgehead atoms. The van der Waals surface area contributed by atoms with Crippen molar-refractivity contribution in [1.29, 1.82) is 0 Å². The summed E-state index contributed by atoms with van der Waals surface area (Å²) >= 11 is 0. The Balaban J connectivity index is 1.91. The van der Waals surface area contributed by atoms with Gasteiger partial charge < -0.3 is 10.2 Å². The molecule has 1 N–H and O–H groups in total. The number of benzene rings is 1. The van der Waals surface area contributed by atoms with E-state index in [1.54, 1.807) is 0 Å². The fourth-order valence-corrected chi connectivity index (χ4v) is 3.34. The van der Waals surface area contributed by atoms with Crippen LogP contribution in [0, 0.1) is 0 Å². The van der Waals surface area contributed by atoms with Gasteiger partial charge in [-0.05, 0) is 25.0 Å². The van der Waals surface area contributed by atoms with E-state index in [1.807, 2.05) is 0 Å². The zero-order valence-corrected chi connectivity index (χ0v) is 9.78. The van der Waals surface area contributed by atoms with Crippen molar-refractivity contribution in [2.24, 2.45) is 0 Å². The Hall–Kier alpha value is -1.02. The van der Waals surface area contributed by atoms with Crippen LogP contribution in [0.25, 0.3) is 0 Å². The molecule has 1 spiro atoms. The van der Waals surface area contributed by atoms with E-state index in [2.05, 4.69) is 40.5 Å². The van der Waals surface area contributed by atoms with E-state index >= 15 is 0 Å². The lowest BCUT2D eigenvalue weighted by molar-refractivity contribution is 0.332. The van der Waals surface area contributed by atoms with Gasteiger partial charge in [-0.2, -0.15) is 0 Å². The number of piperazine rings is 1. The lowest BCUT2D eigenvalue weighted by atomic mass is 9.92. The third kappa shape index (κ3) is 1.61. The third-order valence-corrected chi connectivity index (χ3v) is 4.14. The maximum atomic E-state index is 3.58. The highest BCUT2D eigenvalue weighted by Gasteiger charge is 2.41. The number of hydrogen-bond acceptors (Lipinski definition) is 2. The highest BCUT2D eigenvalue weighted by molar-refractivity contribution is 5.50. The number of nitrogens with one attached hydrogen (secondary N) is 1. The van der Waals surface area contributed by atoms with Crippen molar-refractivity contribution in [3.8, 4) is 0 Å². The summed E-state index contributed by atoms with van der Waals surface area (Å²) in [5.41, 5.74) is 1.82. The predicted molar refractivity (Wildman–Crippen MR) is 67.9 cm³/mol. The number of para-hydroxylation sites is 1. The van der Waals surface area contributed by atoms with Crippen LogP contribution < -0.4 is 10.2 Å². The summed E-state index contributed by atoms with van der Waals surface area (Å²) < 4.78 is 0. The molecule has 16 heavy (non-hydrogen) atoms. The van der Waals surface area contributed by atoms with Gasteiger partial charge in [-0.3, -0.25) is 0 Å². The van der Waals surface area contributed by atoms with Gasteiger partial charge in [-0.25, -0.2) is 0 Å². The molecule has 1 aromatic carbocycles. The second-order valence-electron chi connectivity index (χ2n) is 5.10. The van der Waals surface area contributed by atoms with Gasteiger partial charge in [0.2, 0.25) is 0 Å². The van der Waals surface area contributed by atoms with Crippen LogP contribution in [0.3, 0.4) is 0 Å². The van der Waals surface area contributed by atoms with Crippen molar-refractivity contribution in [2.75, 3.05) is 24.5 Å². The minimum atomic E-state index is 0.416. The Labute approximate surface area is 97.6 Å². The molecule has 2 fully saturated rings. The van der Waals surface area contributed by atoms with Gasteiger partial charge in [0.15, 0.2) is 0 Å². The molecule has 1 aromatic rings. The molecule has 0 atom stereocenters. The van der Waals surface area contributed by atoms with E-state index in [-0.39, 0.29) is 0 Å². The van der Waals surface area contributed by atoms with Crippen molar-refractivity contribution in [2.45, 2.75) is 31.2 Å². The van der Waals surface area contributed by atoms with E-state index in [0.717, 1.165) is 13.1 Å². The van der Waals surface area contributed by atoms with Gasteiger partial charge in [-0.1, -0.05) is 31.0 Å². The maximum Gasteiger partial charge on any atom is 0.0526 e. The molecule has 1 heterocycles. The fraction of sp³-hybridized carbons (Fsp3) is 0.571. The average molecular weight is 216 g/mol. The highest BCUT2D eigenvalue weighted by atomic mass is 15.3. The zero-order valence-electron chi connectivity index (χ0n) is 9.78. The molecule has 0 radical (unpaired) electrons. The second-order valence-corrected chi connectivity index (χ2v) is 5.10. The Bertz CT molecular complexity index is 341. The van der Waals surface area contributed by atoms with Crippen LogP contribution in [-0.4, -0.2) is 25.2 Å². The Kier molecular flexibility index (Phi) is 2.60. The van der Waals surface area contributed by atoms with Crippen LogP contribution in [0.1, 0.15) is 25.7 Å². The molecule has 0 unspecified atom stereocenters. The molecule has 1 aliphatic carbocycles. The third-order valence-electron chi connectivity index (χ3n) is 4.14. The molecular formula is C14H20N2. The highest BCUT2D eigenvalue weighted by Crippen LogP contribution is 2.38. The van der Waals surface area contributed by atoms with Gasteiger partial charge in [0.05, 0.1) is 5.54 Å². The SMILES string of the molecule is c1ccc(N2CCNCC23CCCC3)cc1. The monoisotopic (exact) mass is 216 g/mol. The molecule has 1 aliphatic heterocycles. The number of anilines is 1. The van der Waals surface area contributed by atoms with Gasteiger partial charge in [-0.15, -0.1) is 0 Å². The summed E-state index contributed by atoms with van der Waals surface area (Å²) in [5.74, 6) is 0. The van der Waals surface area contributed by atoms with E-state index < -0.39 is 0 Å².